The minimum Gasteiger partial charge on any atom is -0.496 e. The quantitative estimate of drug-likeness (QED) is 0.372. The molecule has 174 valence electrons. The molecule has 3 aromatic carbocycles. The predicted molar refractivity (Wildman–Crippen MR) is 144 cm³/mol. The van der Waals surface area contributed by atoms with Gasteiger partial charge in [-0.1, -0.05) is 70.2 Å². The lowest BCUT2D eigenvalue weighted by atomic mass is 9.94. The maximum Gasteiger partial charge on any atom is 0.255 e. The predicted octanol–water partition coefficient (Wildman–Crippen LogP) is 6.61. The van der Waals surface area contributed by atoms with E-state index in [0.29, 0.717) is 5.57 Å². The number of halogens is 1. The Labute approximate surface area is 212 Å². The van der Waals surface area contributed by atoms with Crippen LogP contribution in [-0.2, 0) is 10.5 Å². The van der Waals surface area contributed by atoms with E-state index in [9.17, 15) is 4.79 Å². The Hall–Kier alpha value is -3.03. The standard InChI is InChI=1S/C27H26BrN3O2S/c1-17-9-12-20(15-23(17)33-3)25-24(26(32)30-22-7-5-4-6-8-22)18(2)29-27(31-25)34-16-19-10-13-21(28)14-11-19/h4-15,25H,16H2,1-3H3,(H,29,31)(H,30,32)/t25-/m0/s1. The van der Waals surface area contributed by atoms with Crippen molar-refractivity contribution in [1.29, 1.82) is 0 Å². The summed E-state index contributed by atoms with van der Waals surface area (Å²) in [4.78, 5) is 18.3. The highest BCUT2D eigenvalue weighted by Gasteiger charge is 2.30. The monoisotopic (exact) mass is 535 g/mol. The average molecular weight is 536 g/mol. The lowest BCUT2D eigenvalue weighted by molar-refractivity contribution is -0.113. The van der Waals surface area contributed by atoms with Gasteiger partial charge in [0.1, 0.15) is 11.8 Å². The molecular weight excluding hydrogens is 510 g/mol. The highest BCUT2D eigenvalue weighted by Crippen LogP contribution is 2.35. The summed E-state index contributed by atoms with van der Waals surface area (Å²) >= 11 is 5.09. The van der Waals surface area contributed by atoms with Crippen LogP contribution in [0.4, 0.5) is 5.69 Å². The fourth-order valence-corrected chi connectivity index (χ4v) is 4.88. The number of amides is 1. The first-order chi connectivity index (χ1) is 16.4. The van der Waals surface area contributed by atoms with Gasteiger partial charge in [-0.15, -0.1) is 0 Å². The lowest BCUT2D eigenvalue weighted by Crippen LogP contribution is -2.32. The Morgan fingerprint density at radius 2 is 1.82 bits per heavy atom. The van der Waals surface area contributed by atoms with Crippen LogP contribution in [0.1, 0.15) is 29.7 Å². The molecule has 7 heteroatoms. The number of amidine groups is 1. The number of methoxy groups -OCH3 is 1. The summed E-state index contributed by atoms with van der Waals surface area (Å²) in [6, 6.07) is 23.2. The Kier molecular flexibility index (Phi) is 7.75. The molecule has 0 bridgehead atoms. The van der Waals surface area contributed by atoms with Crippen LogP contribution in [0, 0.1) is 6.92 Å². The first-order valence-corrected chi connectivity index (χ1v) is 12.7. The molecule has 1 atom stereocenters. The molecule has 0 saturated carbocycles. The number of ether oxygens (including phenoxy) is 1. The molecule has 0 aliphatic carbocycles. The minimum atomic E-state index is -0.452. The number of thioether (sulfide) groups is 1. The summed E-state index contributed by atoms with van der Waals surface area (Å²) < 4.78 is 6.60. The third-order valence-electron chi connectivity index (χ3n) is 5.53. The summed E-state index contributed by atoms with van der Waals surface area (Å²) in [5.41, 5.74) is 5.25. The normalized spacial score (nSPS) is 15.4. The van der Waals surface area contributed by atoms with Crippen LogP contribution in [0.3, 0.4) is 0 Å². The van der Waals surface area contributed by atoms with Crippen molar-refractivity contribution < 1.29 is 9.53 Å². The molecule has 0 spiro atoms. The van der Waals surface area contributed by atoms with Gasteiger partial charge in [-0.25, -0.2) is 4.99 Å². The largest absolute Gasteiger partial charge is 0.496 e. The van der Waals surface area contributed by atoms with Crippen molar-refractivity contribution in [2.45, 2.75) is 25.6 Å². The summed E-state index contributed by atoms with van der Waals surface area (Å²) in [5, 5.41) is 7.14. The van der Waals surface area contributed by atoms with Gasteiger partial charge in [-0.2, -0.15) is 0 Å². The summed E-state index contributed by atoms with van der Waals surface area (Å²) in [5.74, 6) is 1.36. The molecule has 0 radical (unpaired) electrons. The first kappa shape index (κ1) is 24.1. The van der Waals surface area contributed by atoms with Crippen molar-refractivity contribution in [2.24, 2.45) is 4.99 Å². The number of nitrogens with zero attached hydrogens (tertiary/aromatic N) is 1. The molecule has 4 rings (SSSR count). The zero-order valence-electron chi connectivity index (χ0n) is 19.3. The van der Waals surface area contributed by atoms with Gasteiger partial charge >= 0.3 is 0 Å². The van der Waals surface area contributed by atoms with Crippen molar-refractivity contribution in [3.63, 3.8) is 0 Å². The van der Waals surface area contributed by atoms with Crippen molar-refractivity contribution in [3.8, 4) is 5.75 Å². The molecule has 5 nitrogen and oxygen atoms in total. The number of hydrogen-bond donors (Lipinski definition) is 2. The molecule has 1 aliphatic rings. The number of aryl methyl sites for hydroxylation is 1. The summed E-state index contributed by atoms with van der Waals surface area (Å²) in [6.07, 6.45) is 0. The van der Waals surface area contributed by atoms with Gasteiger partial charge < -0.3 is 15.4 Å². The molecule has 34 heavy (non-hydrogen) atoms. The van der Waals surface area contributed by atoms with Crippen molar-refractivity contribution >= 4 is 44.5 Å². The first-order valence-electron chi connectivity index (χ1n) is 10.9. The number of nitrogens with one attached hydrogen (secondary N) is 2. The second-order valence-electron chi connectivity index (χ2n) is 7.96. The van der Waals surface area contributed by atoms with E-state index >= 15 is 0 Å². The van der Waals surface area contributed by atoms with Crippen LogP contribution in [0.5, 0.6) is 5.75 Å². The van der Waals surface area contributed by atoms with Crippen LogP contribution in [0.2, 0.25) is 0 Å². The van der Waals surface area contributed by atoms with Crippen LogP contribution in [-0.4, -0.2) is 18.2 Å². The van der Waals surface area contributed by atoms with Gasteiger partial charge in [0, 0.05) is 21.6 Å². The number of benzene rings is 3. The van der Waals surface area contributed by atoms with Gasteiger partial charge in [0.15, 0.2) is 5.17 Å². The zero-order chi connectivity index (χ0) is 24.1. The number of para-hydroxylation sites is 1. The van der Waals surface area contributed by atoms with Crippen molar-refractivity contribution in [1.82, 2.24) is 5.32 Å². The van der Waals surface area contributed by atoms with Gasteiger partial charge in [0.25, 0.3) is 5.91 Å². The van der Waals surface area contributed by atoms with Crippen LogP contribution >= 0.6 is 27.7 Å². The SMILES string of the molecule is COc1cc([C@@H]2N=C(SCc3ccc(Br)cc3)NC(C)=C2C(=O)Nc2ccccc2)ccc1C. The molecule has 0 saturated heterocycles. The maximum absolute atomic E-state index is 13.4. The molecule has 0 unspecified atom stereocenters. The number of allylic oxidation sites excluding steroid dienone is 1. The topological polar surface area (TPSA) is 62.7 Å². The van der Waals surface area contributed by atoms with Crippen molar-refractivity contribution in [3.05, 3.63) is 105 Å². The molecule has 0 fully saturated rings. The minimum absolute atomic E-state index is 0.179. The molecule has 1 amide bonds. The van der Waals surface area contributed by atoms with E-state index in [1.165, 1.54) is 5.56 Å². The van der Waals surface area contributed by atoms with E-state index in [1.54, 1.807) is 18.9 Å². The second kappa shape index (κ2) is 10.9. The number of aliphatic imine (C=N–C) groups is 1. The fourth-order valence-electron chi connectivity index (χ4n) is 3.71. The number of rotatable bonds is 6. The number of carbonyl (C=O) groups excluding carboxylic acids is 1. The molecular formula is C27H26BrN3O2S. The van der Waals surface area contributed by atoms with Crippen LogP contribution in [0.15, 0.2) is 93.5 Å². The highest BCUT2D eigenvalue weighted by molar-refractivity contribution is 9.10. The molecule has 2 N–H and O–H groups in total. The number of carbonyl (C=O) groups is 1. The third-order valence-corrected chi connectivity index (χ3v) is 7.02. The molecule has 0 aromatic heterocycles. The van der Waals surface area contributed by atoms with Gasteiger partial charge in [0.05, 0.1) is 12.7 Å². The van der Waals surface area contributed by atoms with E-state index < -0.39 is 6.04 Å². The Bertz CT molecular complexity index is 1240. The van der Waals surface area contributed by atoms with Gasteiger partial charge in [-0.3, -0.25) is 4.79 Å². The molecule has 1 aliphatic heterocycles. The van der Waals surface area contributed by atoms with Gasteiger partial charge in [-0.05, 0) is 60.9 Å². The number of anilines is 1. The maximum atomic E-state index is 13.4. The zero-order valence-corrected chi connectivity index (χ0v) is 21.7. The van der Waals surface area contributed by atoms with Crippen molar-refractivity contribution in [2.75, 3.05) is 12.4 Å². The smallest absolute Gasteiger partial charge is 0.255 e. The molecule has 3 aromatic rings. The van der Waals surface area contributed by atoms with Crippen LogP contribution < -0.4 is 15.4 Å². The average Bonchev–Trinajstić information content (AvgIpc) is 2.84. The van der Waals surface area contributed by atoms with E-state index in [2.05, 4.69) is 38.7 Å². The number of hydrogen-bond acceptors (Lipinski definition) is 5. The second-order valence-corrected chi connectivity index (χ2v) is 9.84. The lowest BCUT2D eigenvalue weighted by Gasteiger charge is -2.27. The Morgan fingerprint density at radius 3 is 2.53 bits per heavy atom. The summed E-state index contributed by atoms with van der Waals surface area (Å²) in [6.45, 7) is 3.92. The van der Waals surface area contributed by atoms with Gasteiger partial charge in [0.2, 0.25) is 0 Å². The molecule has 1 heterocycles. The van der Waals surface area contributed by atoms with E-state index in [1.807, 2.05) is 74.5 Å². The third kappa shape index (κ3) is 5.72. The fraction of sp³-hybridized carbons (Fsp3) is 0.185. The van der Waals surface area contributed by atoms with Crippen LogP contribution in [0.25, 0.3) is 0 Å². The van der Waals surface area contributed by atoms with E-state index in [-0.39, 0.29) is 5.91 Å². The van der Waals surface area contributed by atoms with E-state index in [4.69, 9.17) is 9.73 Å². The highest BCUT2D eigenvalue weighted by atomic mass is 79.9. The Balaban J connectivity index is 1.65. The van der Waals surface area contributed by atoms with E-state index in [0.717, 1.165) is 43.7 Å². The summed E-state index contributed by atoms with van der Waals surface area (Å²) in [7, 11) is 1.65. The Morgan fingerprint density at radius 1 is 1.09 bits per heavy atom.